The molecule has 35 heavy (non-hydrogen) atoms. The summed E-state index contributed by atoms with van der Waals surface area (Å²) in [6.07, 6.45) is -1.11. The molecule has 0 saturated carbocycles. The summed E-state index contributed by atoms with van der Waals surface area (Å²) < 4.78 is 62.9. The molecule has 3 aromatic rings. The van der Waals surface area contributed by atoms with Crippen molar-refractivity contribution >= 4 is 31.4 Å². The molecule has 2 atom stereocenters. The van der Waals surface area contributed by atoms with Crippen LogP contribution in [0.5, 0.6) is 0 Å². The van der Waals surface area contributed by atoms with Gasteiger partial charge in [-0.15, -0.1) is 0 Å². The first-order chi connectivity index (χ1) is 16.6. The van der Waals surface area contributed by atoms with E-state index in [0.717, 1.165) is 22.0 Å². The van der Waals surface area contributed by atoms with Gasteiger partial charge in [0, 0.05) is 18.7 Å². The number of nitro benzene ring substituents is 1. The highest BCUT2D eigenvalue weighted by atomic mass is 32.2. The topological polar surface area (TPSA) is 127 Å². The quantitative estimate of drug-likeness (QED) is 0.377. The normalized spacial score (nSPS) is 20.3. The van der Waals surface area contributed by atoms with E-state index in [4.69, 9.17) is 4.74 Å². The smallest absolute Gasteiger partial charge is 0.269 e. The second-order valence-corrected chi connectivity index (χ2v) is 12.0. The predicted molar refractivity (Wildman–Crippen MR) is 127 cm³/mol. The zero-order valence-corrected chi connectivity index (χ0v) is 20.1. The largest absolute Gasteiger partial charge is 0.354 e. The molecule has 0 amide bonds. The van der Waals surface area contributed by atoms with Crippen molar-refractivity contribution < 1.29 is 26.5 Å². The minimum atomic E-state index is -4.13. The van der Waals surface area contributed by atoms with Crippen molar-refractivity contribution in [2.45, 2.75) is 29.0 Å². The summed E-state index contributed by atoms with van der Waals surface area (Å²) in [5.74, 6) is 0. The lowest BCUT2D eigenvalue weighted by Gasteiger charge is -2.39. The third-order valence-electron chi connectivity index (χ3n) is 6.14. The first kappa shape index (κ1) is 23.4. The average Bonchev–Trinajstić information content (AvgIpc) is 3.19. The highest BCUT2D eigenvalue weighted by Crippen LogP contribution is 2.48. The fraction of sp³-hybridized carbons (Fsp3) is 0.217. The maximum absolute atomic E-state index is 13.7. The molecule has 0 radical (unpaired) electrons. The zero-order valence-electron chi connectivity index (χ0n) is 18.5. The highest BCUT2D eigenvalue weighted by Gasteiger charge is 2.52. The lowest BCUT2D eigenvalue weighted by Crippen LogP contribution is -2.52. The number of sulfonamides is 2. The van der Waals surface area contributed by atoms with Crippen molar-refractivity contribution in [3.63, 3.8) is 0 Å². The molecule has 1 fully saturated rings. The number of anilines is 1. The van der Waals surface area contributed by atoms with E-state index in [-0.39, 0.29) is 28.6 Å². The highest BCUT2D eigenvalue weighted by molar-refractivity contribution is 7.93. The average molecular weight is 516 g/mol. The van der Waals surface area contributed by atoms with Gasteiger partial charge in [0.05, 0.1) is 33.1 Å². The van der Waals surface area contributed by atoms with E-state index in [2.05, 4.69) is 0 Å². The van der Waals surface area contributed by atoms with E-state index in [1.165, 1.54) is 28.6 Å². The number of non-ortho nitro benzene ring substituents is 1. The van der Waals surface area contributed by atoms with Gasteiger partial charge >= 0.3 is 0 Å². The van der Waals surface area contributed by atoms with E-state index < -0.39 is 37.2 Å². The third kappa shape index (κ3) is 3.78. The van der Waals surface area contributed by atoms with Gasteiger partial charge in [0.15, 0.2) is 6.23 Å². The fourth-order valence-corrected chi connectivity index (χ4v) is 7.62. The maximum atomic E-state index is 13.7. The number of nitro groups is 1. The van der Waals surface area contributed by atoms with Crippen LogP contribution in [-0.2, 0) is 24.8 Å². The van der Waals surface area contributed by atoms with Gasteiger partial charge in [-0.2, -0.15) is 4.31 Å². The maximum Gasteiger partial charge on any atom is 0.269 e. The lowest BCUT2D eigenvalue weighted by atomic mass is 10.1. The first-order valence-corrected chi connectivity index (χ1v) is 13.6. The Morgan fingerprint density at radius 2 is 1.49 bits per heavy atom. The van der Waals surface area contributed by atoms with Crippen molar-refractivity contribution in [3.8, 4) is 0 Å². The molecule has 182 valence electrons. The Bertz CT molecular complexity index is 1510. The SMILES string of the molecule is Cc1ccc(S(=O)(=O)N2c3ccccc3[C@@H]3[C@H]2OCCN3S(=O)(=O)c2ccc([N+](=O)[O-])cc2)cc1. The Balaban J connectivity index is 1.60. The van der Waals surface area contributed by atoms with Crippen LogP contribution in [0, 0.1) is 17.0 Å². The Morgan fingerprint density at radius 1 is 0.886 bits per heavy atom. The van der Waals surface area contributed by atoms with Crippen LogP contribution in [0.15, 0.2) is 82.6 Å². The van der Waals surface area contributed by atoms with Crippen LogP contribution in [0.25, 0.3) is 0 Å². The molecule has 0 bridgehead atoms. The Hall–Kier alpha value is -3.32. The number of aryl methyl sites for hydroxylation is 1. The Kier molecular flexibility index (Phi) is 5.63. The number of rotatable bonds is 5. The van der Waals surface area contributed by atoms with Crippen molar-refractivity contribution in [2.24, 2.45) is 0 Å². The van der Waals surface area contributed by atoms with Crippen LogP contribution in [0.4, 0.5) is 11.4 Å². The fourth-order valence-electron chi connectivity index (χ4n) is 4.45. The molecule has 1 saturated heterocycles. The van der Waals surface area contributed by atoms with Crippen molar-refractivity contribution in [2.75, 3.05) is 17.5 Å². The van der Waals surface area contributed by atoms with Crippen molar-refractivity contribution in [1.29, 1.82) is 0 Å². The molecule has 2 heterocycles. The van der Waals surface area contributed by atoms with Crippen LogP contribution in [-0.4, -0.2) is 45.4 Å². The Morgan fingerprint density at radius 3 is 2.14 bits per heavy atom. The first-order valence-electron chi connectivity index (χ1n) is 10.7. The van der Waals surface area contributed by atoms with E-state index in [0.29, 0.717) is 11.3 Å². The van der Waals surface area contributed by atoms with Crippen LogP contribution < -0.4 is 4.31 Å². The molecule has 0 N–H and O–H groups in total. The van der Waals surface area contributed by atoms with Gasteiger partial charge in [-0.3, -0.25) is 10.1 Å². The van der Waals surface area contributed by atoms with Crippen LogP contribution in [0.1, 0.15) is 17.2 Å². The molecule has 2 aliphatic heterocycles. The molecule has 5 rings (SSSR count). The summed E-state index contributed by atoms with van der Waals surface area (Å²) in [4.78, 5) is 10.3. The summed E-state index contributed by atoms with van der Waals surface area (Å²) in [5, 5.41) is 11.0. The molecule has 0 spiro atoms. The third-order valence-corrected chi connectivity index (χ3v) is 9.82. The molecule has 0 aliphatic carbocycles. The molecule has 0 unspecified atom stereocenters. The van der Waals surface area contributed by atoms with Crippen molar-refractivity contribution in [1.82, 2.24) is 4.31 Å². The van der Waals surface area contributed by atoms with Gasteiger partial charge < -0.3 is 4.74 Å². The number of hydrogen-bond donors (Lipinski definition) is 0. The second-order valence-electron chi connectivity index (χ2n) is 8.25. The second kappa shape index (κ2) is 8.41. The summed E-state index contributed by atoms with van der Waals surface area (Å²) in [5.41, 5.74) is 1.51. The predicted octanol–water partition coefficient (Wildman–Crippen LogP) is 3.20. The summed E-state index contributed by atoms with van der Waals surface area (Å²) >= 11 is 0. The number of para-hydroxylation sites is 1. The summed E-state index contributed by atoms with van der Waals surface area (Å²) in [6.45, 7) is 1.82. The molecule has 2 aliphatic rings. The molecular weight excluding hydrogens is 494 g/mol. The minimum Gasteiger partial charge on any atom is -0.354 e. The van der Waals surface area contributed by atoms with E-state index in [9.17, 15) is 26.9 Å². The molecule has 0 aromatic heterocycles. The van der Waals surface area contributed by atoms with Crippen LogP contribution in [0.3, 0.4) is 0 Å². The summed E-state index contributed by atoms with van der Waals surface area (Å²) in [7, 11) is -8.21. The number of benzene rings is 3. The standard InChI is InChI=1S/C23H21N3O7S2/c1-16-6-10-19(11-7-16)35(31,32)25-21-5-3-2-4-20(21)22-23(25)33-15-14-24(22)34(29,30)18-12-8-17(9-13-18)26(27)28/h2-13,22-23H,14-15H2,1H3/t22-,23-/m1/s1. The molecule has 12 heteroatoms. The molecule has 10 nitrogen and oxygen atoms in total. The van der Waals surface area contributed by atoms with Gasteiger partial charge in [0.1, 0.15) is 0 Å². The number of ether oxygens (including phenoxy) is 1. The number of hydrogen-bond acceptors (Lipinski definition) is 7. The molecule has 3 aromatic carbocycles. The van der Waals surface area contributed by atoms with Gasteiger partial charge in [0.2, 0.25) is 10.0 Å². The van der Waals surface area contributed by atoms with Crippen molar-refractivity contribution in [3.05, 3.63) is 94.0 Å². The zero-order chi connectivity index (χ0) is 25.0. The number of fused-ring (bicyclic) bond motifs is 3. The number of nitrogens with zero attached hydrogens (tertiary/aromatic N) is 3. The van der Waals surface area contributed by atoms with Gasteiger partial charge in [-0.1, -0.05) is 35.9 Å². The van der Waals surface area contributed by atoms with E-state index in [1.54, 1.807) is 36.4 Å². The van der Waals surface area contributed by atoms with Gasteiger partial charge in [0.25, 0.3) is 15.7 Å². The Labute approximate surface area is 202 Å². The van der Waals surface area contributed by atoms with E-state index >= 15 is 0 Å². The molecular formula is C23H21N3O7S2. The minimum absolute atomic E-state index is 0.00671. The van der Waals surface area contributed by atoms with Crippen LogP contribution in [0.2, 0.25) is 0 Å². The summed E-state index contributed by atoms with van der Waals surface area (Å²) in [6, 6.07) is 16.8. The van der Waals surface area contributed by atoms with Crippen LogP contribution >= 0.6 is 0 Å². The number of morpholine rings is 1. The lowest BCUT2D eigenvalue weighted by molar-refractivity contribution is -0.384. The van der Waals surface area contributed by atoms with Gasteiger partial charge in [-0.05, 0) is 42.8 Å². The van der Waals surface area contributed by atoms with E-state index in [1.807, 2.05) is 6.92 Å². The monoisotopic (exact) mass is 515 g/mol. The van der Waals surface area contributed by atoms with Gasteiger partial charge in [-0.25, -0.2) is 21.1 Å².